The molecule has 1 nitrogen and oxygen atoms in total. The number of para-hydroxylation sites is 1. The molecular formula is C14H19N. The minimum absolute atomic E-state index is 1.03. The number of nitrogens with zero attached hydrogens (tertiary/aromatic N) is 1. The lowest BCUT2D eigenvalue weighted by atomic mass is 10.0. The minimum Gasteiger partial charge on any atom is -0.371 e. The quantitative estimate of drug-likeness (QED) is 0.720. The highest BCUT2D eigenvalue weighted by molar-refractivity contribution is 5.75. The Bertz CT molecular complexity index is 348. The van der Waals surface area contributed by atoms with Crippen LogP contribution in [0, 0.1) is 0 Å². The fraction of sp³-hybridized carbons (Fsp3) is 0.429. The summed E-state index contributed by atoms with van der Waals surface area (Å²) in [6.07, 6.45) is 3.69. The van der Waals surface area contributed by atoms with E-state index in [0.29, 0.717) is 0 Å². The van der Waals surface area contributed by atoms with E-state index < -0.39 is 0 Å². The molecule has 0 amide bonds. The van der Waals surface area contributed by atoms with E-state index in [0.717, 1.165) is 6.42 Å². The lowest BCUT2D eigenvalue weighted by Gasteiger charge is -2.21. The first-order valence-electron chi connectivity index (χ1n) is 5.85. The van der Waals surface area contributed by atoms with E-state index in [2.05, 4.69) is 42.7 Å². The number of hydrogen-bond donors (Lipinski definition) is 0. The second-order valence-corrected chi connectivity index (χ2v) is 4.17. The van der Waals surface area contributed by atoms with E-state index >= 15 is 0 Å². The Morgan fingerprint density at radius 3 is 2.60 bits per heavy atom. The van der Waals surface area contributed by atoms with Gasteiger partial charge in [0.05, 0.1) is 0 Å². The summed E-state index contributed by atoms with van der Waals surface area (Å²) in [4.78, 5) is 2.48. The first-order valence-corrected chi connectivity index (χ1v) is 5.85. The fourth-order valence-corrected chi connectivity index (χ4v) is 2.20. The van der Waals surface area contributed by atoms with Crippen LogP contribution in [-0.2, 0) is 0 Å². The Morgan fingerprint density at radius 2 is 1.93 bits per heavy atom. The zero-order chi connectivity index (χ0) is 10.7. The lowest BCUT2D eigenvalue weighted by Crippen LogP contribution is -2.18. The predicted octanol–water partition coefficient (Wildman–Crippen LogP) is 3.71. The van der Waals surface area contributed by atoms with E-state index in [-0.39, 0.29) is 0 Å². The molecule has 0 bridgehead atoms. The van der Waals surface area contributed by atoms with E-state index in [1.807, 2.05) is 0 Å². The van der Waals surface area contributed by atoms with Gasteiger partial charge in [-0.2, -0.15) is 0 Å². The Hall–Kier alpha value is -1.24. The Balaban J connectivity index is 2.32. The van der Waals surface area contributed by atoms with Crippen LogP contribution in [0.2, 0.25) is 0 Å². The van der Waals surface area contributed by atoms with Gasteiger partial charge >= 0.3 is 0 Å². The van der Waals surface area contributed by atoms with Gasteiger partial charge in [-0.15, -0.1) is 0 Å². The zero-order valence-corrected chi connectivity index (χ0v) is 9.50. The summed E-state index contributed by atoms with van der Waals surface area (Å²) in [6, 6.07) is 8.65. The Morgan fingerprint density at radius 1 is 1.27 bits per heavy atom. The second-order valence-electron chi connectivity index (χ2n) is 4.17. The number of hydrogen-bond acceptors (Lipinski definition) is 1. The summed E-state index contributed by atoms with van der Waals surface area (Å²) in [7, 11) is 0. The van der Waals surface area contributed by atoms with Gasteiger partial charge in [-0.05, 0) is 30.9 Å². The third kappa shape index (κ3) is 2.06. The maximum atomic E-state index is 4.15. The van der Waals surface area contributed by atoms with Gasteiger partial charge in [-0.1, -0.05) is 31.7 Å². The lowest BCUT2D eigenvalue weighted by molar-refractivity contribution is 0.949. The highest BCUT2D eigenvalue weighted by Crippen LogP contribution is 2.29. The normalized spacial score (nSPS) is 15.7. The minimum atomic E-state index is 1.03. The molecule has 1 fully saturated rings. The molecule has 1 heterocycles. The van der Waals surface area contributed by atoms with Crippen molar-refractivity contribution in [1.82, 2.24) is 0 Å². The molecule has 1 aromatic rings. The van der Waals surface area contributed by atoms with Gasteiger partial charge in [0.15, 0.2) is 0 Å². The molecule has 0 saturated carbocycles. The van der Waals surface area contributed by atoms with E-state index in [9.17, 15) is 0 Å². The largest absolute Gasteiger partial charge is 0.371 e. The third-order valence-electron chi connectivity index (χ3n) is 3.16. The van der Waals surface area contributed by atoms with Crippen LogP contribution in [0.25, 0.3) is 5.57 Å². The molecular weight excluding hydrogens is 182 g/mol. The Labute approximate surface area is 92.4 Å². The van der Waals surface area contributed by atoms with Crippen molar-refractivity contribution in [2.45, 2.75) is 26.2 Å². The Kier molecular flexibility index (Phi) is 3.10. The van der Waals surface area contributed by atoms with Crippen molar-refractivity contribution in [3.8, 4) is 0 Å². The van der Waals surface area contributed by atoms with Crippen molar-refractivity contribution >= 4 is 11.3 Å². The fourth-order valence-electron chi connectivity index (χ4n) is 2.20. The molecule has 0 N–H and O–H groups in total. The summed E-state index contributed by atoms with van der Waals surface area (Å²) in [6.45, 7) is 8.72. The molecule has 1 aromatic carbocycles. The molecule has 2 rings (SSSR count). The van der Waals surface area contributed by atoms with E-state index in [1.165, 1.54) is 42.8 Å². The summed E-state index contributed by atoms with van der Waals surface area (Å²) < 4.78 is 0. The molecule has 0 radical (unpaired) electrons. The molecule has 0 aliphatic carbocycles. The number of benzene rings is 1. The molecule has 0 spiro atoms. The van der Waals surface area contributed by atoms with Crippen LogP contribution in [0.3, 0.4) is 0 Å². The average Bonchev–Trinajstić information content (AvgIpc) is 2.81. The zero-order valence-electron chi connectivity index (χ0n) is 9.50. The topological polar surface area (TPSA) is 3.24 Å². The van der Waals surface area contributed by atoms with Gasteiger partial charge in [0.2, 0.25) is 0 Å². The monoisotopic (exact) mass is 201 g/mol. The molecule has 0 unspecified atom stereocenters. The van der Waals surface area contributed by atoms with Crippen molar-refractivity contribution in [1.29, 1.82) is 0 Å². The highest BCUT2D eigenvalue weighted by atomic mass is 15.1. The van der Waals surface area contributed by atoms with Gasteiger partial charge in [0.1, 0.15) is 0 Å². The summed E-state index contributed by atoms with van der Waals surface area (Å²) in [5.74, 6) is 0. The van der Waals surface area contributed by atoms with Crippen LogP contribution < -0.4 is 4.90 Å². The molecule has 80 valence electrons. The third-order valence-corrected chi connectivity index (χ3v) is 3.16. The van der Waals surface area contributed by atoms with Gasteiger partial charge in [0.25, 0.3) is 0 Å². The maximum absolute atomic E-state index is 4.15. The molecule has 0 atom stereocenters. The van der Waals surface area contributed by atoms with Gasteiger partial charge in [-0.25, -0.2) is 0 Å². The molecule has 1 aliphatic rings. The number of allylic oxidation sites excluding steroid dienone is 1. The van der Waals surface area contributed by atoms with Crippen LogP contribution in [0.1, 0.15) is 31.7 Å². The van der Waals surface area contributed by atoms with Crippen LogP contribution in [0.15, 0.2) is 30.8 Å². The van der Waals surface area contributed by atoms with E-state index in [1.54, 1.807) is 0 Å². The predicted molar refractivity (Wildman–Crippen MR) is 67.2 cm³/mol. The van der Waals surface area contributed by atoms with Crippen LogP contribution in [0.4, 0.5) is 5.69 Å². The van der Waals surface area contributed by atoms with Crippen LogP contribution in [-0.4, -0.2) is 13.1 Å². The van der Waals surface area contributed by atoms with Crippen LogP contribution >= 0.6 is 0 Å². The van der Waals surface area contributed by atoms with Crippen molar-refractivity contribution in [3.63, 3.8) is 0 Å². The molecule has 1 aliphatic heterocycles. The average molecular weight is 201 g/mol. The molecule has 0 aromatic heterocycles. The highest BCUT2D eigenvalue weighted by Gasteiger charge is 2.15. The SMILES string of the molecule is C=C(CC)c1ccccc1N1CCCC1. The van der Waals surface area contributed by atoms with Crippen molar-refractivity contribution in [2.75, 3.05) is 18.0 Å². The standard InChI is InChI=1S/C14H19N/c1-3-12(2)13-8-4-5-9-14(13)15-10-6-7-11-15/h4-5,8-9H,2-3,6-7,10-11H2,1H3. The molecule has 15 heavy (non-hydrogen) atoms. The van der Waals surface area contributed by atoms with Crippen LogP contribution in [0.5, 0.6) is 0 Å². The number of rotatable bonds is 3. The molecule has 1 saturated heterocycles. The second kappa shape index (κ2) is 4.52. The maximum Gasteiger partial charge on any atom is 0.0442 e. The summed E-state index contributed by atoms with van der Waals surface area (Å²) >= 11 is 0. The van der Waals surface area contributed by atoms with Gasteiger partial charge < -0.3 is 4.90 Å². The smallest absolute Gasteiger partial charge is 0.0442 e. The first kappa shape index (κ1) is 10.3. The number of anilines is 1. The van der Waals surface area contributed by atoms with E-state index in [4.69, 9.17) is 0 Å². The summed E-state index contributed by atoms with van der Waals surface area (Å²) in [5.41, 5.74) is 3.96. The first-order chi connectivity index (χ1) is 7.33. The van der Waals surface area contributed by atoms with Crippen molar-refractivity contribution in [2.24, 2.45) is 0 Å². The molecule has 1 heteroatoms. The van der Waals surface area contributed by atoms with Gasteiger partial charge in [0, 0.05) is 24.3 Å². The van der Waals surface area contributed by atoms with Crippen molar-refractivity contribution in [3.05, 3.63) is 36.4 Å². The summed E-state index contributed by atoms with van der Waals surface area (Å²) in [5, 5.41) is 0. The van der Waals surface area contributed by atoms with Crippen molar-refractivity contribution < 1.29 is 0 Å². The van der Waals surface area contributed by atoms with Gasteiger partial charge in [-0.3, -0.25) is 0 Å².